The van der Waals surface area contributed by atoms with Crippen molar-refractivity contribution >= 4 is 5.78 Å². The van der Waals surface area contributed by atoms with E-state index in [-0.39, 0.29) is 11.5 Å². The standard InChI is InChI=1S/C23H36O2/c1-3-4-5-6-16-14-23(2)20(11-12-21(23)25)19-9-7-15-13-17(24)8-10-18(15)22(16)19/h13,16,18-22,25H,3-12,14H2,1-2H3/t16-,18-,19-,20-,21-,22+,23-/m0/s1. The van der Waals surface area contributed by atoms with Gasteiger partial charge in [0.25, 0.3) is 0 Å². The lowest BCUT2D eigenvalue weighted by Gasteiger charge is -2.57. The highest BCUT2D eigenvalue weighted by Crippen LogP contribution is 2.64. The van der Waals surface area contributed by atoms with Gasteiger partial charge in [-0.1, -0.05) is 45.1 Å². The quantitative estimate of drug-likeness (QED) is 0.703. The van der Waals surface area contributed by atoms with Crippen molar-refractivity contribution in [3.63, 3.8) is 0 Å². The fourth-order valence-corrected chi connectivity index (χ4v) is 7.42. The Morgan fingerprint density at radius 2 is 2.00 bits per heavy atom. The highest BCUT2D eigenvalue weighted by Gasteiger charge is 2.58. The van der Waals surface area contributed by atoms with Crippen molar-refractivity contribution in [2.45, 2.75) is 90.6 Å². The fourth-order valence-electron chi connectivity index (χ4n) is 7.42. The largest absolute Gasteiger partial charge is 0.393 e. The van der Waals surface area contributed by atoms with E-state index in [1.165, 1.54) is 50.5 Å². The molecule has 0 spiro atoms. The van der Waals surface area contributed by atoms with Crippen molar-refractivity contribution in [3.8, 4) is 0 Å². The highest BCUT2D eigenvalue weighted by atomic mass is 16.3. The number of carbonyl (C=O) groups is 1. The third-order valence-electron chi connectivity index (χ3n) is 8.55. The first-order valence-electron chi connectivity index (χ1n) is 11.0. The number of carbonyl (C=O) groups excluding carboxylic acids is 1. The topological polar surface area (TPSA) is 37.3 Å². The summed E-state index contributed by atoms with van der Waals surface area (Å²) in [5.74, 6) is 4.09. The second-order valence-electron chi connectivity index (χ2n) is 9.78. The summed E-state index contributed by atoms with van der Waals surface area (Å²) in [6.45, 7) is 4.68. The van der Waals surface area contributed by atoms with Crippen LogP contribution in [0, 0.1) is 35.0 Å². The van der Waals surface area contributed by atoms with Crippen molar-refractivity contribution in [1.29, 1.82) is 0 Å². The van der Waals surface area contributed by atoms with Crippen LogP contribution in [0.5, 0.6) is 0 Å². The SMILES string of the molecule is CCCCC[C@H]1C[C@]2(C)[C@@H](O)CC[C@H]2[C@@H]2CCC3=CC(=O)CC[C@@H]3[C@@H]12. The van der Waals surface area contributed by atoms with Crippen LogP contribution in [0.1, 0.15) is 84.5 Å². The molecule has 0 bridgehead atoms. The number of ketones is 1. The molecular weight excluding hydrogens is 308 g/mol. The summed E-state index contributed by atoms with van der Waals surface area (Å²) >= 11 is 0. The fraction of sp³-hybridized carbons (Fsp3) is 0.870. The molecule has 0 aromatic rings. The monoisotopic (exact) mass is 344 g/mol. The normalized spacial score (nSPS) is 46.2. The lowest BCUT2D eigenvalue weighted by Crippen LogP contribution is -2.51. The Kier molecular flexibility index (Phi) is 4.86. The average molecular weight is 345 g/mol. The van der Waals surface area contributed by atoms with E-state index in [9.17, 15) is 9.90 Å². The van der Waals surface area contributed by atoms with E-state index >= 15 is 0 Å². The van der Waals surface area contributed by atoms with Crippen molar-refractivity contribution in [2.24, 2.45) is 35.0 Å². The smallest absolute Gasteiger partial charge is 0.155 e. The van der Waals surface area contributed by atoms with Gasteiger partial charge in [0.15, 0.2) is 5.78 Å². The molecule has 4 rings (SSSR count). The molecule has 7 atom stereocenters. The van der Waals surface area contributed by atoms with Gasteiger partial charge in [-0.25, -0.2) is 0 Å². The van der Waals surface area contributed by atoms with Gasteiger partial charge >= 0.3 is 0 Å². The number of unbranched alkanes of at least 4 members (excludes halogenated alkanes) is 2. The summed E-state index contributed by atoms with van der Waals surface area (Å²) in [7, 11) is 0. The summed E-state index contributed by atoms with van der Waals surface area (Å²) < 4.78 is 0. The molecule has 0 radical (unpaired) electrons. The van der Waals surface area contributed by atoms with Gasteiger partial charge in [0.1, 0.15) is 0 Å². The van der Waals surface area contributed by atoms with Crippen LogP contribution < -0.4 is 0 Å². The van der Waals surface area contributed by atoms with Crippen molar-refractivity contribution in [3.05, 3.63) is 11.6 Å². The van der Waals surface area contributed by atoms with E-state index in [0.29, 0.717) is 17.6 Å². The van der Waals surface area contributed by atoms with Gasteiger partial charge < -0.3 is 5.11 Å². The molecule has 0 amide bonds. The molecule has 25 heavy (non-hydrogen) atoms. The zero-order valence-corrected chi connectivity index (χ0v) is 16.2. The summed E-state index contributed by atoms with van der Waals surface area (Å²) in [6, 6.07) is 0. The Morgan fingerprint density at radius 3 is 2.80 bits per heavy atom. The molecule has 3 fully saturated rings. The molecule has 2 heteroatoms. The van der Waals surface area contributed by atoms with Gasteiger partial charge in [-0.2, -0.15) is 0 Å². The molecule has 2 nitrogen and oxygen atoms in total. The molecule has 4 aliphatic rings. The Balaban J connectivity index is 1.64. The molecule has 0 aliphatic heterocycles. The van der Waals surface area contributed by atoms with Gasteiger partial charge in [0, 0.05) is 6.42 Å². The molecule has 0 saturated heterocycles. The maximum absolute atomic E-state index is 11.9. The summed E-state index contributed by atoms with van der Waals surface area (Å²) in [4.78, 5) is 11.9. The van der Waals surface area contributed by atoms with Crippen LogP contribution in [0.25, 0.3) is 0 Å². The van der Waals surface area contributed by atoms with E-state index in [1.807, 2.05) is 6.08 Å². The summed E-state index contributed by atoms with van der Waals surface area (Å²) in [5, 5.41) is 10.8. The van der Waals surface area contributed by atoms with Gasteiger partial charge in [-0.3, -0.25) is 4.79 Å². The van der Waals surface area contributed by atoms with Gasteiger partial charge in [0.05, 0.1) is 6.10 Å². The van der Waals surface area contributed by atoms with Crippen LogP contribution in [0.15, 0.2) is 11.6 Å². The number of hydrogen-bond donors (Lipinski definition) is 1. The Bertz CT molecular complexity index is 550. The number of rotatable bonds is 4. The van der Waals surface area contributed by atoms with Crippen molar-refractivity contribution in [1.82, 2.24) is 0 Å². The zero-order chi connectivity index (χ0) is 17.6. The third-order valence-corrected chi connectivity index (χ3v) is 8.55. The van der Waals surface area contributed by atoms with Gasteiger partial charge in [-0.05, 0) is 79.6 Å². The molecule has 0 unspecified atom stereocenters. The minimum atomic E-state index is -0.0861. The molecule has 3 saturated carbocycles. The molecule has 140 valence electrons. The Labute approximate surface area is 153 Å². The number of allylic oxidation sites excluding steroid dienone is 1. The lowest BCUT2D eigenvalue weighted by molar-refractivity contribution is -0.117. The lowest BCUT2D eigenvalue weighted by atomic mass is 9.48. The maximum atomic E-state index is 11.9. The minimum absolute atomic E-state index is 0.0861. The minimum Gasteiger partial charge on any atom is -0.393 e. The van der Waals surface area contributed by atoms with Crippen LogP contribution in [0.2, 0.25) is 0 Å². The van der Waals surface area contributed by atoms with Crippen LogP contribution >= 0.6 is 0 Å². The van der Waals surface area contributed by atoms with E-state index in [4.69, 9.17) is 0 Å². The predicted octanol–water partition coefficient (Wildman–Crippen LogP) is 5.30. The first kappa shape index (κ1) is 17.8. The van der Waals surface area contributed by atoms with Gasteiger partial charge in [0.2, 0.25) is 0 Å². The maximum Gasteiger partial charge on any atom is 0.155 e. The van der Waals surface area contributed by atoms with Gasteiger partial charge in [-0.15, -0.1) is 0 Å². The van der Waals surface area contributed by atoms with Crippen LogP contribution in [0.4, 0.5) is 0 Å². The van der Waals surface area contributed by atoms with E-state index in [1.54, 1.807) is 0 Å². The highest BCUT2D eigenvalue weighted by molar-refractivity contribution is 5.91. The summed E-state index contributed by atoms with van der Waals surface area (Å²) in [5.41, 5.74) is 1.64. The molecule has 0 heterocycles. The first-order valence-corrected chi connectivity index (χ1v) is 11.0. The molecule has 0 aromatic heterocycles. The van der Waals surface area contributed by atoms with Crippen LogP contribution in [-0.4, -0.2) is 17.0 Å². The number of aliphatic hydroxyl groups excluding tert-OH is 1. The summed E-state index contributed by atoms with van der Waals surface area (Å²) in [6.07, 6.45) is 15.0. The second kappa shape index (κ2) is 6.83. The Hall–Kier alpha value is -0.630. The number of aliphatic hydroxyl groups is 1. The Morgan fingerprint density at radius 1 is 1.16 bits per heavy atom. The zero-order valence-electron chi connectivity index (χ0n) is 16.2. The average Bonchev–Trinajstić information content (AvgIpc) is 2.89. The number of fused-ring (bicyclic) bond motifs is 5. The van der Waals surface area contributed by atoms with Crippen molar-refractivity contribution < 1.29 is 9.90 Å². The van der Waals surface area contributed by atoms with Crippen LogP contribution in [-0.2, 0) is 4.79 Å². The van der Waals surface area contributed by atoms with E-state index in [0.717, 1.165) is 43.4 Å². The molecular formula is C23H36O2. The van der Waals surface area contributed by atoms with Crippen molar-refractivity contribution in [2.75, 3.05) is 0 Å². The van der Waals surface area contributed by atoms with E-state index in [2.05, 4.69) is 13.8 Å². The van der Waals surface area contributed by atoms with E-state index < -0.39 is 0 Å². The second-order valence-corrected chi connectivity index (χ2v) is 9.78. The van der Waals surface area contributed by atoms with Crippen LogP contribution in [0.3, 0.4) is 0 Å². The number of hydrogen-bond acceptors (Lipinski definition) is 2. The molecule has 4 aliphatic carbocycles. The first-order chi connectivity index (χ1) is 12.0. The molecule has 0 aromatic carbocycles. The predicted molar refractivity (Wildman–Crippen MR) is 101 cm³/mol. The third kappa shape index (κ3) is 2.93. The molecule has 1 N–H and O–H groups in total.